The number of hydrogen-bond acceptors (Lipinski definition) is 2. The van der Waals surface area contributed by atoms with Gasteiger partial charge in [-0.2, -0.15) is 13.2 Å². The van der Waals surface area contributed by atoms with Gasteiger partial charge in [0, 0.05) is 16.7 Å². The molecule has 0 radical (unpaired) electrons. The number of benzene rings is 4. The summed E-state index contributed by atoms with van der Waals surface area (Å²) in [5, 5.41) is 0. The highest BCUT2D eigenvalue weighted by atomic mass is 19.4. The second-order valence-electron chi connectivity index (χ2n) is 7.40. The van der Waals surface area contributed by atoms with Crippen LogP contribution in [-0.2, 0) is 6.18 Å². The van der Waals surface area contributed by atoms with Crippen LogP contribution in [0.1, 0.15) is 5.56 Å². The third kappa shape index (κ3) is 3.73. The zero-order chi connectivity index (χ0) is 22.1. The van der Waals surface area contributed by atoms with Crippen LogP contribution in [0.25, 0.3) is 44.7 Å². The molecule has 4 aromatic carbocycles. The number of halogens is 3. The van der Waals surface area contributed by atoms with Gasteiger partial charge in [-0.1, -0.05) is 84.9 Å². The molecule has 0 saturated heterocycles. The molecular weight excluding hydrogens is 409 g/mol. The van der Waals surface area contributed by atoms with E-state index in [-0.39, 0.29) is 0 Å². The van der Waals surface area contributed by atoms with E-state index in [1.807, 2.05) is 78.9 Å². The summed E-state index contributed by atoms with van der Waals surface area (Å²) in [6.07, 6.45) is -4.37. The van der Waals surface area contributed by atoms with Crippen LogP contribution in [0.5, 0.6) is 0 Å². The molecule has 0 fully saturated rings. The average molecular weight is 426 g/mol. The minimum Gasteiger partial charge on any atom is -0.244 e. The Morgan fingerprint density at radius 2 is 1.06 bits per heavy atom. The standard InChI is InChI=1S/C27H17F3N2/c28-27(29,30)21-16-14-18(15-17-21)22-12-7-13-23-26(22)32-25(20-10-5-2-6-11-20)24(31-23)19-8-3-1-4-9-19/h1-17H. The van der Waals surface area contributed by atoms with Gasteiger partial charge in [-0.15, -0.1) is 0 Å². The average Bonchev–Trinajstić information content (AvgIpc) is 2.83. The number of aromatic nitrogens is 2. The second-order valence-corrected chi connectivity index (χ2v) is 7.40. The van der Waals surface area contributed by atoms with Gasteiger partial charge in [0.15, 0.2) is 0 Å². The van der Waals surface area contributed by atoms with E-state index in [1.54, 1.807) is 0 Å². The number of fused-ring (bicyclic) bond motifs is 1. The fourth-order valence-corrected chi connectivity index (χ4v) is 3.74. The third-order valence-corrected chi connectivity index (χ3v) is 5.31. The Kier molecular flexibility index (Phi) is 4.94. The maximum absolute atomic E-state index is 13.0. The molecule has 5 aromatic rings. The molecule has 0 bridgehead atoms. The van der Waals surface area contributed by atoms with Crippen molar-refractivity contribution in [1.29, 1.82) is 0 Å². The van der Waals surface area contributed by atoms with Crippen LogP contribution in [-0.4, -0.2) is 9.97 Å². The van der Waals surface area contributed by atoms with E-state index in [2.05, 4.69) is 0 Å². The number of rotatable bonds is 3. The van der Waals surface area contributed by atoms with Crippen molar-refractivity contribution in [2.75, 3.05) is 0 Å². The Morgan fingerprint density at radius 3 is 1.62 bits per heavy atom. The molecular formula is C27H17F3N2. The van der Waals surface area contributed by atoms with Crippen molar-refractivity contribution in [2.24, 2.45) is 0 Å². The van der Waals surface area contributed by atoms with E-state index in [0.717, 1.165) is 40.2 Å². The normalized spacial score (nSPS) is 11.6. The second kappa shape index (κ2) is 7.93. The molecule has 0 spiro atoms. The summed E-state index contributed by atoms with van der Waals surface area (Å²) in [7, 11) is 0. The van der Waals surface area contributed by atoms with Crippen molar-refractivity contribution in [1.82, 2.24) is 9.97 Å². The fraction of sp³-hybridized carbons (Fsp3) is 0.0370. The predicted octanol–water partition coefficient (Wildman–Crippen LogP) is 7.65. The first-order chi connectivity index (χ1) is 15.5. The third-order valence-electron chi connectivity index (χ3n) is 5.31. The first kappa shape index (κ1) is 19.9. The van der Waals surface area contributed by atoms with Crippen LogP contribution in [0, 0.1) is 0 Å². The first-order valence-electron chi connectivity index (χ1n) is 10.1. The topological polar surface area (TPSA) is 25.8 Å². The Morgan fingerprint density at radius 1 is 0.500 bits per heavy atom. The van der Waals surface area contributed by atoms with Crippen molar-refractivity contribution in [3.05, 3.63) is 109 Å². The fourth-order valence-electron chi connectivity index (χ4n) is 3.74. The first-order valence-corrected chi connectivity index (χ1v) is 10.1. The van der Waals surface area contributed by atoms with Crippen LogP contribution in [0.4, 0.5) is 13.2 Å². The monoisotopic (exact) mass is 426 g/mol. The van der Waals surface area contributed by atoms with Crippen LogP contribution in [0.3, 0.4) is 0 Å². The number of hydrogen-bond donors (Lipinski definition) is 0. The van der Waals surface area contributed by atoms with Gasteiger partial charge in [-0.25, -0.2) is 9.97 Å². The van der Waals surface area contributed by atoms with Crippen molar-refractivity contribution in [3.8, 4) is 33.6 Å². The van der Waals surface area contributed by atoms with Crippen molar-refractivity contribution in [2.45, 2.75) is 6.18 Å². The Labute approximate surface area is 183 Å². The highest BCUT2D eigenvalue weighted by molar-refractivity contribution is 5.95. The maximum Gasteiger partial charge on any atom is 0.416 e. The summed E-state index contributed by atoms with van der Waals surface area (Å²) in [6, 6.07) is 30.3. The number of para-hydroxylation sites is 1. The van der Waals surface area contributed by atoms with Crippen LogP contribution in [0.2, 0.25) is 0 Å². The van der Waals surface area contributed by atoms with Gasteiger partial charge in [-0.3, -0.25) is 0 Å². The Balaban J connectivity index is 1.74. The van der Waals surface area contributed by atoms with Gasteiger partial charge in [0.2, 0.25) is 0 Å². The number of nitrogens with zero attached hydrogens (tertiary/aromatic N) is 2. The molecule has 5 rings (SSSR count). The zero-order valence-corrected chi connectivity index (χ0v) is 16.8. The molecule has 0 aliphatic rings. The quantitative estimate of drug-likeness (QED) is 0.296. The van der Waals surface area contributed by atoms with E-state index < -0.39 is 11.7 Å². The van der Waals surface area contributed by atoms with Crippen LogP contribution >= 0.6 is 0 Å². The molecule has 5 heteroatoms. The summed E-state index contributed by atoms with van der Waals surface area (Å²) in [6.45, 7) is 0. The van der Waals surface area contributed by atoms with E-state index in [4.69, 9.17) is 9.97 Å². The maximum atomic E-state index is 13.0. The lowest BCUT2D eigenvalue weighted by Gasteiger charge is -2.13. The van der Waals surface area contributed by atoms with Gasteiger partial charge >= 0.3 is 6.18 Å². The van der Waals surface area contributed by atoms with Gasteiger partial charge < -0.3 is 0 Å². The highest BCUT2D eigenvalue weighted by Crippen LogP contribution is 2.35. The van der Waals surface area contributed by atoms with Crippen molar-refractivity contribution in [3.63, 3.8) is 0 Å². The molecule has 0 N–H and O–H groups in total. The van der Waals surface area contributed by atoms with Crippen molar-refractivity contribution < 1.29 is 13.2 Å². The largest absolute Gasteiger partial charge is 0.416 e. The molecule has 156 valence electrons. The molecule has 1 heterocycles. The van der Waals surface area contributed by atoms with E-state index in [9.17, 15) is 13.2 Å². The molecule has 32 heavy (non-hydrogen) atoms. The Bertz CT molecular complexity index is 1380. The van der Waals surface area contributed by atoms with E-state index >= 15 is 0 Å². The van der Waals surface area contributed by atoms with Gasteiger partial charge in [0.1, 0.15) is 0 Å². The predicted molar refractivity (Wildman–Crippen MR) is 121 cm³/mol. The van der Waals surface area contributed by atoms with Gasteiger partial charge in [0.05, 0.1) is 28.0 Å². The summed E-state index contributed by atoms with van der Waals surface area (Å²) in [4.78, 5) is 9.91. The lowest BCUT2D eigenvalue weighted by atomic mass is 10.00. The smallest absolute Gasteiger partial charge is 0.244 e. The van der Waals surface area contributed by atoms with Crippen molar-refractivity contribution >= 4 is 11.0 Å². The summed E-state index contributed by atoms with van der Waals surface area (Å²) >= 11 is 0. The molecule has 2 nitrogen and oxygen atoms in total. The van der Waals surface area contributed by atoms with Crippen LogP contribution < -0.4 is 0 Å². The van der Waals surface area contributed by atoms with Gasteiger partial charge in [0.25, 0.3) is 0 Å². The lowest BCUT2D eigenvalue weighted by Crippen LogP contribution is -2.04. The lowest BCUT2D eigenvalue weighted by molar-refractivity contribution is -0.137. The molecule has 0 aliphatic heterocycles. The minimum absolute atomic E-state index is 0.644. The molecule has 1 aromatic heterocycles. The molecule has 0 aliphatic carbocycles. The van der Waals surface area contributed by atoms with Crippen LogP contribution in [0.15, 0.2) is 103 Å². The summed E-state index contributed by atoms with van der Waals surface area (Å²) < 4.78 is 39.0. The SMILES string of the molecule is FC(F)(F)c1ccc(-c2cccc3nc(-c4ccccc4)c(-c4ccccc4)nc23)cc1. The summed E-state index contributed by atoms with van der Waals surface area (Å²) in [5.74, 6) is 0. The van der Waals surface area contributed by atoms with E-state index in [0.29, 0.717) is 16.6 Å². The van der Waals surface area contributed by atoms with Gasteiger partial charge in [-0.05, 0) is 23.8 Å². The minimum atomic E-state index is -4.37. The zero-order valence-electron chi connectivity index (χ0n) is 16.8. The molecule has 0 saturated carbocycles. The molecule has 0 unspecified atom stereocenters. The highest BCUT2D eigenvalue weighted by Gasteiger charge is 2.30. The van der Waals surface area contributed by atoms with E-state index in [1.165, 1.54) is 12.1 Å². The number of alkyl halides is 3. The Hall–Kier alpha value is -3.99. The molecule has 0 amide bonds. The molecule has 0 atom stereocenters. The summed E-state index contributed by atoms with van der Waals surface area (Å²) in [5.41, 5.74) is 5.39.